The van der Waals surface area contributed by atoms with Crippen molar-refractivity contribution in [3.63, 3.8) is 0 Å². The van der Waals surface area contributed by atoms with Crippen molar-refractivity contribution in [2.24, 2.45) is 0 Å². The Hall–Kier alpha value is -1.27. The molecule has 0 radical (unpaired) electrons. The van der Waals surface area contributed by atoms with Crippen molar-refractivity contribution < 1.29 is 13.2 Å². The fraction of sp³-hybridized carbons (Fsp3) is 0.235. The molecule has 2 aromatic rings. The zero-order chi connectivity index (χ0) is 18.8. The highest BCUT2D eigenvalue weighted by molar-refractivity contribution is 7.92. The van der Waals surface area contributed by atoms with E-state index in [9.17, 15) is 13.2 Å². The molecule has 4 nitrogen and oxygen atoms in total. The van der Waals surface area contributed by atoms with Gasteiger partial charge in [-0.05, 0) is 47.3 Å². The molecular weight excluding hydrogens is 405 g/mol. The first-order chi connectivity index (χ1) is 11.6. The molecule has 8 heteroatoms. The van der Waals surface area contributed by atoms with Crippen LogP contribution >= 0.6 is 34.8 Å². The monoisotopic (exact) mass is 419 g/mol. The first kappa shape index (κ1) is 20.0. The number of nitrogens with zero attached hydrogens (tertiary/aromatic N) is 1. The lowest BCUT2D eigenvalue weighted by Crippen LogP contribution is -2.35. The Morgan fingerprint density at radius 2 is 1.72 bits per heavy atom. The molecule has 0 aliphatic rings. The first-order valence-corrected chi connectivity index (χ1v) is 9.97. The Morgan fingerprint density at radius 3 is 2.28 bits per heavy atom. The maximum Gasteiger partial charge on any atom is 0.264 e. The summed E-state index contributed by atoms with van der Waals surface area (Å²) in [5, 5.41) is -0.442. The number of carbonyl (C=O) groups excluding carboxylic acids is 1. The van der Waals surface area contributed by atoms with Crippen LogP contribution in [-0.2, 0) is 14.8 Å². The molecular formula is C17H16Cl3NO3S. The van der Waals surface area contributed by atoms with E-state index in [0.717, 1.165) is 9.87 Å². The normalized spacial score (nSPS) is 11.6. The second kappa shape index (κ2) is 7.96. The molecule has 0 aromatic heterocycles. The number of hydrogen-bond acceptors (Lipinski definition) is 3. The number of carbonyl (C=O) groups is 1. The Bertz CT molecular complexity index is 898. The van der Waals surface area contributed by atoms with Gasteiger partial charge in [-0.2, -0.15) is 0 Å². The second-order valence-corrected chi connectivity index (χ2v) is 8.75. The van der Waals surface area contributed by atoms with Crippen LogP contribution in [0.3, 0.4) is 0 Å². The minimum absolute atomic E-state index is 0.0492. The number of halogens is 3. The fourth-order valence-electron chi connectivity index (χ4n) is 2.38. The Labute approximate surface area is 162 Å². The van der Waals surface area contributed by atoms with Crippen LogP contribution in [0.2, 0.25) is 10.0 Å². The van der Waals surface area contributed by atoms with Gasteiger partial charge in [-0.1, -0.05) is 55.2 Å². The van der Waals surface area contributed by atoms with E-state index in [2.05, 4.69) is 0 Å². The number of para-hydroxylation sites is 1. The summed E-state index contributed by atoms with van der Waals surface area (Å²) in [7, 11) is -4.06. The molecule has 0 spiro atoms. The number of sulfonamides is 1. The molecule has 2 rings (SSSR count). The molecule has 0 heterocycles. The molecule has 134 valence electrons. The van der Waals surface area contributed by atoms with Crippen LogP contribution in [0.15, 0.2) is 47.4 Å². The lowest BCUT2D eigenvalue weighted by molar-refractivity contribution is -0.110. The van der Waals surface area contributed by atoms with E-state index in [1.54, 1.807) is 12.1 Å². The van der Waals surface area contributed by atoms with Gasteiger partial charge in [-0.3, -0.25) is 9.10 Å². The van der Waals surface area contributed by atoms with Gasteiger partial charge in [0.25, 0.3) is 10.0 Å². The zero-order valence-electron chi connectivity index (χ0n) is 13.5. The Morgan fingerprint density at radius 1 is 1.08 bits per heavy atom. The number of benzene rings is 2. The minimum Gasteiger partial charge on any atom is -0.279 e. The van der Waals surface area contributed by atoms with Gasteiger partial charge < -0.3 is 0 Å². The lowest BCUT2D eigenvalue weighted by atomic mass is 10.0. The van der Waals surface area contributed by atoms with Gasteiger partial charge in [0.1, 0.15) is 6.54 Å². The van der Waals surface area contributed by atoms with Crippen molar-refractivity contribution >= 4 is 55.8 Å². The molecule has 0 amide bonds. The van der Waals surface area contributed by atoms with Gasteiger partial charge in [0.05, 0.1) is 20.6 Å². The Balaban J connectivity index is 2.65. The molecule has 0 unspecified atom stereocenters. The highest BCUT2D eigenvalue weighted by Gasteiger charge is 2.29. The predicted molar refractivity (Wildman–Crippen MR) is 102 cm³/mol. The van der Waals surface area contributed by atoms with E-state index in [1.165, 1.54) is 18.2 Å². The third-order valence-electron chi connectivity index (χ3n) is 3.57. The van der Waals surface area contributed by atoms with Gasteiger partial charge in [0.15, 0.2) is 0 Å². The summed E-state index contributed by atoms with van der Waals surface area (Å²) in [5.41, 5.74) is 1.18. The fourth-order valence-corrected chi connectivity index (χ4v) is 4.41. The molecule has 0 atom stereocenters. The largest absolute Gasteiger partial charge is 0.279 e. The topological polar surface area (TPSA) is 54.5 Å². The summed E-state index contributed by atoms with van der Waals surface area (Å²) in [6.45, 7) is 3.38. The summed E-state index contributed by atoms with van der Waals surface area (Å²) >= 11 is 17.3. The van der Waals surface area contributed by atoms with Gasteiger partial charge in [-0.25, -0.2) is 8.42 Å². The minimum atomic E-state index is -4.06. The van der Waals surface area contributed by atoms with Crippen molar-refractivity contribution in [1.82, 2.24) is 0 Å². The summed E-state index contributed by atoms with van der Waals surface area (Å²) < 4.78 is 27.2. The van der Waals surface area contributed by atoms with Gasteiger partial charge in [-0.15, -0.1) is 0 Å². The molecule has 0 fully saturated rings. The average molecular weight is 421 g/mol. The molecule has 0 saturated carbocycles. The van der Waals surface area contributed by atoms with Gasteiger partial charge >= 0.3 is 0 Å². The highest BCUT2D eigenvalue weighted by atomic mass is 35.5. The van der Waals surface area contributed by atoms with Crippen LogP contribution in [0.1, 0.15) is 25.3 Å². The van der Waals surface area contributed by atoms with E-state index in [0.29, 0.717) is 5.69 Å². The molecule has 0 N–H and O–H groups in total. The van der Waals surface area contributed by atoms with Crippen molar-refractivity contribution in [2.75, 3.05) is 10.8 Å². The van der Waals surface area contributed by atoms with Crippen molar-refractivity contribution in [2.45, 2.75) is 24.7 Å². The smallest absolute Gasteiger partial charge is 0.264 e. The van der Waals surface area contributed by atoms with E-state index in [-0.39, 0.29) is 20.9 Å². The number of anilines is 1. The van der Waals surface area contributed by atoms with Crippen LogP contribution in [0.5, 0.6) is 0 Å². The third-order valence-corrected chi connectivity index (χ3v) is 6.19. The third kappa shape index (κ3) is 4.47. The van der Waals surface area contributed by atoms with E-state index in [1.807, 2.05) is 26.0 Å². The van der Waals surface area contributed by atoms with E-state index >= 15 is 0 Å². The Kier molecular flexibility index (Phi) is 6.38. The highest BCUT2D eigenvalue weighted by Crippen LogP contribution is 2.33. The first-order valence-electron chi connectivity index (χ1n) is 7.39. The maximum absolute atomic E-state index is 13.1. The van der Waals surface area contributed by atoms with Crippen LogP contribution in [0, 0.1) is 0 Å². The van der Waals surface area contributed by atoms with E-state index < -0.39 is 21.8 Å². The van der Waals surface area contributed by atoms with Crippen molar-refractivity contribution in [3.05, 3.63) is 58.1 Å². The summed E-state index contributed by atoms with van der Waals surface area (Å²) in [5.74, 6) is 0.0492. The number of rotatable bonds is 6. The van der Waals surface area contributed by atoms with E-state index in [4.69, 9.17) is 34.8 Å². The van der Waals surface area contributed by atoms with Gasteiger partial charge in [0.2, 0.25) is 5.24 Å². The average Bonchev–Trinajstić information content (AvgIpc) is 2.54. The SMILES string of the molecule is CC(C)c1ccccc1N(CC(=O)Cl)S(=O)(=O)c1ccc(Cl)c(Cl)c1. The summed E-state index contributed by atoms with van der Waals surface area (Å²) in [6, 6.07) is 11.0. The molecule has 25 heavy (non-hydrogen) atoms. The van der Waals surface area contributed by atoms with Crippen LogP contribution in [-0.4, -0.2) is 20.2 Å². The lowest BCUT2D eigenvalue weighted by Gasteiger charge is -2.26. The predicted octanol–water partition coefficient (Wildman–Crippen LogP) is 5.08. The second-order valence-electron chi connectivity index (χ2n) is 5.66. The zero-order valence-corrected chi connectivity index (χ0v) is 16.6. The summed E-state index contributed by atoms with van der Waals surface area (Å²) in [6.07, 6.45) is 0. The van der Waals surface area contributed by atoms with Crippen LogP contribution < -0.4 is 4.31 Å². The van der Waals surface area contributed by atoms with Crippen molar-refractivity contribution in [3.8, 4) is 0 Å². The molecule has 0 aliphatic heterocycles. The van der Waals surface area contributed by atoms with Gasteiger partial charge in [0, 0.05) is 0 Å². The van der Waals surface area contributed by atoms with Crippen molar-refractivity contribution in [1.29, 1.82) is 0 Å². The standard InChI is InChI=1S/C17H16Cl3NO3S/c1-11(2)13-5-3-4-6-16(13)21(10-17(20)22)25(23,24)12-7-8-14(18)15(19)9-12/h3-9,11H,10H2,1-2H3. The van der Waals surface area contributed by atoms with Crippen LogP contribution in [0.25, 0.3) is 0 Å². The molecule has 0 aliphatic carbocycles. The summed E-state index contributed by atoms with van der Waals surface area (Å²) in [4.78, 5) is 11.4. The molecule has 2 aromatic carbocycles. The number of hydrogen-bond donors (Lipinski definition) is 0. The molecule has 0 saturated heterocycles. The van der Waals surface area contributed by atoms with Crippen LogP contribution in [0.4, 0.5) is 5.69 Å². The maximum atomic E-state index is 13.1. The molecule has 0 bridgehead atoms. The quantitative estimate of drug-likeness (QED) is 0.612.